The van der Waals surface area contributed by atoms with Gasteiger partial charge in [0.05, 0.1) is 12.6 Å². The smallest absolute Gasteiger partial charge is 0.251 e. The molecule has 2 saturated heterocycles. The zero-order valence-corrected chi connectivity index (χ0v) is 15.5. The summed E-state index contributed by atoms with van der Waals surface area (Å²) in [7, 11) is 0. The van der Waals surface area contributed by atoms with E-state index in [1.54, 1.807) is 0 Å². The molecule has 2 fully saturated rings. The first-order chi connectivity index (χ1) is 12.6. The van der Waals surface area contributed by atoms with Crippen molar-refractivity contribution in [3.05, 3.63) is 71.8 Å². The maximum absolute atomic E-state index is 12.2. The lowest BCUT2D eigenvalue weighted by Crippen LogP contribution is -2.72. The fraction of sp³-hybridized carbons (Fsp3) is 0.409. The average molecular weight is 350 g/mol. The van der Waals surface area contributed by atoms with E-state index in [0.29, 0.717) is 6.54 Å². The lowest BCUT2D eigenvalue weighted by Gasteiger charge is -2.57. The highest BCUT2D eigenvalue weighted by Gasteiger charge is 2.52. The summed E-state index contributed by atoms with van der Waals surface area (Å²) in [5.41, 5.74) is 2.35. The normalized spacial score (nSPS) is 22.7. The molecule has 1 amide bonds. The minimum atomic E-state index is -0.349. The molecule has 0 unspecified atom stereocenters. The number of likely N-dealkylation sites (N-methyl/N-ethyl adjacent to an activating group) is 1. The average Bonchev–Trinajstić information content (AvgIpc) is 2.65. The highest BCUT2D eigenvalue weighted by molar-refractivity contribution is 5.81. The summed E-state index contributed by atoms with van der Waals surface area (Å²) in [6.45, 7) is 7.04. The molecule has 0 aromatic heterocycles. The Kier molecular flexibility index (Phi) is 4.55. The zero-order chi connectivity index (χ0) is 18.1. The van der Waals surface area contributed by atoms with Crippen LogP contribution in [0.5, 0.6) is 0 Å². The second-order valence-corrected chi connectivity index (χ2v) is 7.42. The first kappa shape index (κ1) is 17.3. The molecule has 2 aliphatic heterocycles. The van der Waals surface area contributed by atoms with Crippen LogP contribution >= 0.6 is 0 Å². The van der Waals surface area contributed by atoms with Crippen LogP contribution in [0.25, 0.3) is 0 Å². The van der Waals surface area contributed by atoms with Crippen LogP contribution in [0.2, 0.25) is 0 Å². The Morgan fingerprint density at radius 3 is 2.04 bits per heavy atom. The molecule has 2 aromatic carbocycles. The quantitative estimate of drug-likeness (QED) is 0.849. The molecule has 0 aliphatic carbocycles. The molecule has 2 aromatic rings. The van der Waals surface area contributed by atoms with E-state index < -0.39 is 0 Å². The number of hydrogen-bond donors (Lipinski definition) is 0. The van der Waals surface area contributed by atoms with Crippen LogP contribution in [-0.4, -0.2) is 53.6 Å². The molecule has 4 heteroatoms. The SMILES string of the molecule is CCN1CC2(CN(C(c3ccccc3)c3ccccc3)C2)O[C@@H](C)C1=O. The summed E-state index contributed by atoms with van der Waals surface area (Å²) in [5.74, 6) is 0.110. The van der Waals surface area contributed by atoms with Crippen LogP contribution in [0, 0.1) is 0 Å². The van der Waals surface area contributed by atoms with Gasteiger partial charge in [0.15, 0.2) is 0 Å². The van der Waals surface area contributed by atoms with Crippen molar-refractivity contribution in [2.24, 2.45) is 0 Å². The van der Waals surface area contributed by atoms with Crippen molar-refractivity contribution in [3.8, 4) is 0 Å². The molecule has 2 heterocycles. The highest BCUT2D eigenvalue weighted by atomic mass is 16.5. The second kappa shape index (κ2) is 6.86. The number of carbonyl (C=O) groups is 1. The monoisotopic (exact) mass is 350 g/mol. The molecule has 0 bridgehead atoms. The van der Waals surface area contributed by atoms with E-state index in [9.17, 15) is 4.79 Å². The van der Waals surface area contributed by atoms with Gasteiger partial charge in [0.2, 0.25) is 0 Å². The molecule has 0 saturated carbocycles. The summed E-state index contributed by atoms with van der Waals surface area (Å²) >= 11 is 0. The first-order valence-electron chi connectivity index (χ1n) is 9.42. The maximum Gasteiger partial charge on any atom is 0.251 e. The predicted octanol–water partition coefficient (Wildman–Crippen LogP) is 3.10. The van der Waals surface area contributed by atoms with Crippen LogP contribution < -0.4 is 0 Å². The van der Waals surface area contributed by atoms with Gasteiger partial charge in [-0.05, 0) is 25.0 Å². The van der Waals surface area contributed by atoms with Crippen LogP contribution in [0.15, 0.2) is 60.7 Å². The molecule has 4 nitrogen and oxygen atoms in total. The Labute approximate surface area is 155 Å². The molecular formula is C22H26N2O2. The third-order valence-corrected chi connectivity index (χ3v) is 5.53. The third-order valence-electron chi connectivity index (χ3n) is 5.53. The van der Waals surface area contributed by atoms with Crippen molar-refractivity contribution in [2.45, 2.75) is 31.6 Å². The lowest BCUT2D eigenvalue weighted by molar-refractivity contribution is -0.218. The van der Waals surface area contributed by atoms with Gasteiger partial charge in [0.1, 0.15) is 11.7 Å². The van der Waals surface area contributed by atoms with Gasteiger partial charge in [-0.2, -0.15) is 0 Å². The Morgan fingerprint density at radius 1 is 1.00 bits per heavy atom. The Hall–Kier alpha value is -2.17. The molecule has 1 atom stereocenters. The van der Waals surface area contributed by atoms with E-state index >= 15 is 0 Å². The number of nitrogens with zero attached hydrogens (tertiary/aromatic N) is 2. The summed E-state index contributed by atoms with van der Waals surface area (Å²) < 4.78 is 6.17. The molecule has 0 N–H and O–H groups in total. The summed E-state index contributed by atoms with van der Waals surface area (Å²) in [6, 6.07) is 21.5. The maximum atomic E-state index is 12.2. The molecule has 0 radical (unpaired) electrons. The van der Waals surface area contributed by atoms with Crippen LogP contribution in [0.1, 0.15) is 31.0 Å². The first-order valence-corrected chi connectivity index (χ1v) is 9.42. The van der Waals surface area contributed by atoms with Crippen LogP contribution in [0.4, 0.5) is 0 Å². The standard InChI is InChI=1S/C22H26N2O2/c1-3-23-14-22(26-17(2)21(23)25)15-24(16-22)20(18-10-6-4-7-11-18)19-12-8-5-9-13-19/h4-13,17,20H,3,14-16H2,1-2H3/t17-/m0/s1. The minimum Gasteiger partial charge on any atom is -0.358 e. The largest absolute Gasteiger partial charge is 0.358 e. The molecule has 4 rings (SSSR count). The molecule has 136 valence electrons. The molecule has 2 aliphatic rings. The summed E-state index contributed by atoms with van der Waals surface area (Å²) in [5, 5.41) is 0. The van der Waals surface area contributed by atoms with E-state index in [-0.39, 0.29) is 23.7 Å². The Bertz CT molecular complexity index is 717. The fourth-order valence-corrected chi connectivity index (χ4v) is 4.35. The van der Waals surface area contributed by atoms with Crippen molar-refractivity contribution in [2.75, 3.05) is 26.2 Å². The van der Waals surface area contributed by atoms with Crippen molar-refractivity contribution in [1.82, 2.24) is 9.80 Å². The van der Waals surface area contributed by atoms with Gasteiger partial charge in [-0.15, -0.1) is 0 Å². The Balaban J connectivity index is 1.57. The van der Waals surface area contributed by atoms with Crippen molar-refractivity contribution in [3.63, 3.8) is 0 Å². The van der Waals surface area contributed by atoms with Crippen LogP contribution in [-0.2, 0) is 9.53 Å². The number of benzene rings is 2. The number of hydrogen-bond acceptors (Lipinski definition) is 3. The highest BCUT2D eigenvalue weighted by Crippen LogP contribution is 2.40. The lowest BCUT2D eigenvalue weighted by atomic mass is 9.85. The topological polar surface area (TPSA) is 32.8 Å². The number of morpholine rings is 1. The van der Waals surface area contributed by atoms with E-state index in [0.717, 1.165) is 19.6 Å². The number of ether oxygens (including phenoxy) is 1. The number of likely N-dealkylation sites (tertiary alicyclic amines) is 1. The molecule has 1 spiro atoms. The number of rotatable bonds is 4. The van der Waals surface area contributed by atoms with Gasteiger partial charge in [0, 0.05) is 19.6 Å². The van der Waals surface area contributed by atoms with E-state index in [2.05, 4.69) is 65.6 Å². The van der Waals surface area contributed by atoms with Crippen molar-refractivity contribution in [1.29, 1.82) is 0 Å². The number of carbonyl (C=O) groups excluding carboxylic acids is 1. The molecule has 26 heavy (non-hydrogen) atoms. The fourth-order valence-electron chi connectivity index (χ4n) is 4.35. The molecular weight excluding hydrogens is 324 g/mol. The minimum absolute atomic E-state index is 0.110. The van der Waals surface area contributed by atoms with E-state index in [1.807, 2.05) is 18.7 Å². The van der Waals surface area contributed by atoms with Crippen molar-refractivity contribution < 1.29 is 9.53 Å². The summed E-state index contributed by atoms with van der Waals surface area (Å²) in [6.07, 6.45) is -0.349. The zero-order valence-electron chi connectivity index (χ0n) is 15.5. The van der Waals surface area contributed by atoms with E-state index in [4.69, 9.17) is 4.74 Å². The van der Waals surface area contributed by atoms with Crippen molar-refractivity contribution >= 4 is 5.91 Å². The van der Waals surface area contributed by atoms with Crippen LogP contribution in [0.3, 0.4) is 0 Å². The van der Waals surface area contributed by atoms with Gasteiger partial charge in [0.25, 0.3) is 5.91 Å². The van der Waals surface area contributed by atoms with Gasteiger partial charge in [-0.25, -0.2) is 0 Å². The van der Waals surface area contributed by atoms with Gasteiger partial charge >= 0.3 is 0 Å². The second-order valence-electron chi connectivity index (χ2n) is 7.42. The van der Waals surface area contributed by atoms with Gasteiger partial charge in [-0.1, -0.05) is 60.7 Å². The Morgan fingerprint density at radius 2 is 1.54 bits per heavy atom. The van der Waals surface area contributed by atoms with E-state index in [1.165, 1.54) is 11.1 Å². The predicted molar refractivity (Wildman–Crippen MR) is 102 cm³/mol. The third kappa shape index (κ3) is 3.04. The summed E-state index contributed by atoms with van der Waals surface area (Å²) in [4.78, 5) is 16.6. The van der Waals surface area contributed by atoms with Gasteiger partial charge in [-0.3, -0.25) is 9.69 Å². The van der Waals surface area contributed by atoms with Gasteiger partial charge < -0.3 is 9.64 Å². The number of amides is 1.